The van der Waals surface area contributed by atoms with E-state index in [1.54, 1.807) is 4.90 Å². The summed E-state index contributed by atoms with van der Waals surface area (Å²) in [5, 5.41) is 12.2. The van der Waals surface area contributed by atoms with E-state index in [4.69, 9.17) is 9.84 Å². The molecule has 5 heteroatoms. The third kappa shape index (κ3) is 2.65. The van der Waals surface area contributed by atoms with Crippen LogP contribution in [0.4, 0.5) is 4.79 Å². The van der Waals surface area contributed by atoms with Crippen molar-refractivity contribution < 1.29 is 14.6 Å². The maximum Gasteiger partial charge on any atom is 0.317 e. The lowest BCUT2D eigenvalue weighted by Gasteiger charge is -2.28. The van der Waals surface area contributed by atoms with E-state index in [-0.39, 0.29) is 24.7 Å². The van der Waals surface area contributed by atoms with E-state index in [0.29, 0.717) is 0 Å². The normalized spacial score (nSPS) is 27.1. The molecule has 0 aromatic carbocycles. The highest BCUT2D eigenvalue weighted by Gasteiger charge is 2.29. The molecular weight excluding hydrogens is 208 g/mol. The molecule has 0 unspecified atom stereocenters. The number of amides is 2. The maximum absolute atomic E-state index is 11.9. The quantitative estimate of drug-likeness (QED) is 0.716. The first-order valence-electron chi connectivity index (χ1n) is 6.07. The number of carbonyl (C=O) groups is 1. The lowest BCUT2D eigenvalue weighted by atomic mass is 10.1. The highest BCUT2D eigenvalue weighted by atomic mass is 16.5. The molecule has 0 aromatic heterocycles. The van der Waals surface area contributed by atoms with Gasteiger partial charge in [0.1, 0.15) is 0 Å². The average Bonchev–Trinajstić information content (AvgIpc) is 2.78. The monoisotopic (exact) mass is 228 g/mol. The number of nitrogens with one attached hydrogen (secondary N) is 1. The van der Waals surface area contributed by atoms with Crippen LogP contribution >= 0.6 is 0 Å². The molecule has 0 aromatic rings. The van der Waals surface area contributed by atoms with Gasteiger partial charge in [-0.3, -0.25) is 0 Å². The van der Waals surface area contributed by atoms with Crippen LogP contribution in [0, 0.1) is 0 Å². The summed E-state index contributed by atoms with van der Waals surface area (Å²) in [5.41, 5.74) is 0. The minimum absolute atomic E-state index is 0.0137. The van der Waals surface area contributed by atoms with Gasteiger partial charge >= 0.3 is 6.03 Å². The van der Waals surface area contributed by atoms with E-state index < -0.39 is 0 Å². The van der Waals surface area contributed by atoms with Gasteiger partial charge in [-0.2, -0.15) is 0 Å². The van der Waals surface area contributed by atoms with Crippen molar-refractivity contribution in [1.82, 2.24) is 10.2 Å². The molecule has 2 rings (SSSR count). The van der Waals surface area contributed by atoms with Gasteiger partial charge in [-0.25, -0.2) is 4.79 Å². The summed E-state index contributed by atoms with van der Waals surface area (Å²) in [6.07, 6.45) is 3.69. The second kappa shape index (κ2) is 5.50. The van der Waals surface area contributed by atoms with Gasteiger partial charge in [-0.15, -0.1) is 0 Å². The van der Waals surface area contributed by atoms with Gasteiger partial charge in [0, 0.05) is 25.8 Å². The van der Waals surface area contributed by atoms with Crippen molar-refractivity contribution in [1.29, 1.82) is 0 Å². The van der Waals surface area contributed by atoms with E-state index in [1.165, 1.54) is 0 Å². The summed E-state index contributed by atoms with van der Waals surface area (Å²) in [5.74, 6) is 0. The zero-order valence-electron chi connectivity index (χ0n) is 9.52. The molecule has 0 aliphatic carbocycles. The number of hydrogen-bond acceptors (Lipinski definition) is 3. The Morgan fingerprint density at radius 2 is 2.12 bits per heavy atom. The fourth-order valence-electron chi connectivity index (χ4n) is 2.39. The van der Waals surface area contributed by atoms with Crippen molar-refractivity contribution in [2.45, 2.75) is 37.8 Å². The van der Waals surface area contributed by atoms with Gasteiger partial charge in [-0.05, 0) is 25.7 Å². The number of hydrogen-bond donors (Lipinski definition) is 2. The first-order chi connectivity index (χ1) is 7.81. The Balaban J connectivity index is 1.82. The van der Waals surface area contributed by atoms with Crippen LogP contribution < -0.4 is 5.32 Å². The zero-order chi connectivity index (χ0) is 11.4. The topological polar surface area (TPSA) is 61.8 Å². The van der Waals surface area contributed by atoms with Crippen LogP contribution in [0.2, 0.25) is 0 Å². The molecule has 2 amide bonds. The Bertz CT molecular complexity index is 241. The van der Waals surface area contributed by atoms with Crippen LogP contribution in [0.25, 0.3) is 0 Å². The Morgan fingerprint density at radius 1 is 1.38 bits per heavy atom. The average molecular weight is 228 g/mol. The third-order valence-corrected chi connectivity index (χ3v) is 3.40. The van der Waals surface area contributed by atoms with Gasteiger partial charge in [0.05, 0.1) is 12.6 Å². The van der Waals surface area contributed by atoms with Crippen molar-refractivity contribution in [3.05, 3.63) is 0 Å². The molecule has 0 saturated carbocycles. The molecule has 2 fully saturated rings. The summed E-state index contributed by atoms with van der Waals surface area (Å²) in [7, 11) is 0. The molecule has 2 saturated heterocycles. The van der Waals surface area contributed by atoms with Gasteiger partial charge in [0.25, 0.3) is 0 Å². The fraction of sp³-hybridized carbons (Fsp3) is 0.909. The lowest BCUT2D eigenvalue weighted by molar-refractivity contribution is 0.0769. The number of likely N-dealkylation sites (tertiary alicyclic amines) is 1. The minimum atomic E-state index is -0.0246. The first kappa shape index (κ1) is 11.7. The predicted octanol–water partition coefficient (Wildman–Crippen LogP) is 0.332. The molecule has 5 nitrogen and oxygen atoms in total. The number of rotatable bonds is 2. The smallest absolute Gasteiger partial charge is 0.317 e. The molecule has 0 bridgehead atoms. The van der Waals surface area contributed by atoms with Crippen molar-refractivity contribution >= 4 is 6.03 Å². The number of nitrogens with zero attached hydrogens (tertiary/aromatic N) is 1. The van der Waals surface area contributed by atoms with Crippen LogP contribution in [0.15, 0.2) is 0 Å². The number of urea groups is 1. The minimum Gasteiger partial charge on any atom is -0.394 e. The SMILES string of the molecule is O=C(NC1CCOCC1)N1CCC[C@@H]1CO. The van der Waals surface area contributed by atoms with E-state index >= 15 is 0 Å². The third-order valence-electron chi connectivity index (χ3n) is 3.40. The van der Waals surface area contributed by atoms with Crippen LogP contribution in [-0.4, -0.2) is 54.5 Å². The van der Waals surface area contributed by atoms with Crippen LogP contribution in [0.5, 0.6) is 0 Å². The summed E-state index contributed by atoms with van der Waals surface area (Å²) in [6, 6.07) is 0.226. The van der Waals surface area contributed by atoms with Crippen LogP contribution in [-0.2, 0) is 4.74 Å². The number of aliphatic hydroxyl groups excluding tert-OH is 1. The van der Waals surface area contributed by atoms with Crippen LogP contribution in [0.1, 0.15) is 25.7 Å². The lowest BCUT2D eigenvalue weighted by Crippen LogP contribution is -2.49. The maximum atomic E-state index is 11.9. The molecule has 0 spiro atoms. The number of aliphatic hydroxyl groups is 1. The molecule has 0 radical (unpaired) electrons. The molecule has 2 heterocycles. The second-order valence-corrected chi connectivity index (χ2v) is 4.51. The summed E-state index contributed by atoms with van der Waals surface area (Å²) < 4.78 is 5.24. The standard InChI is InChI=1S/C11H20N2O3/c14-8-10-2-1-5-13(10)11(15)12-9-3-6-16-7-4-9/h9-10,14H,1-8H2,(H,12,15)/t10-/m1/s1. The molecule has 16 heavy (non-hydrogen) atoms. The fourth-order valence-corrected chi connectivity index (χ4v) is 2.39. The van der Waals surface area contributed by atoms with Crippen molar-refractivity contribution in [3.63, 3.8) is 0 Å². The van der Waals surface area contributed by atoms with E-state index in [2.05, 4.69) is 5.32 Å². The molecule has 92 valence electrons. The molecule has 2 aliphatic rings. The highest BCUT2D eigenvalue weighted by molar-refractivity contribution is 5.75. The largest absolute Gasteiger partial charge is 0.394 e. The molecule has 1 atom stereocenters. The first-order valence-corrected chi connectivity index (χ1v) is 6.07. The molecule has 2 N–H and O–H groups in total. The molecular formula is C11H20N2O3. The Hall–Kier alpha value is -0.810. The van der Waals surface area contributed by atoms with Crippen molar-refractivity contribution in [2.24, 2.45) is 0 Å². The summed E-state index contributed by atoms with van der Waals surface area (Å²) in [4.78, 5) is 13.7. The Kier molecular flexibility index (Phi) is 4.01. The predicted molar refractivity (Wildman–Crippen MR) is 59.2 cm³/mol. The Morgan fingerprint density at radius 3 is 2.81 bits per heavy atom. The Labute approximate surface area is 95.8 Å². The van der Waals surface area contributed by atoms with E-state index in [9.17, 15) is 4.79 Å². The highest BCUT2D eigenvalue weighted by Crippen LogP contribution is 2.17. The summed E-state index contributed by atoms with van der Waals surface area (Å²) >= 11 is 0. The van der Waals surface area contributed by atoms with Gasteiger partial charge in [-0.1, -0.05) is 0 Å². The van der Waals surface area contributed by atoms with E-state index in [0.717, 1.165) is 45.4 Å². The number of carbonyl (C=O) groups excluding carboxylic acids is 1. The van der Waals surface area contributed by atoms with Crippen LogP contribution in [0.3, 0.4) is 0 Å². The summed E-state index contributed by atoms with van der Waals surface area (Å²) in [6.45, 7) is 2.30. The van der Waals surface area contributed by atoms with Gasteiger partial charge in [0.2, 0.25) is 0 Å². The van der Waals surface area contributed by atoms with Gasteiger partial charge < -0.3 is 20.1 Å². The van der Waals surface area contributed by atoms with Crippen molar-refractivity contribution in [2.75, 3.05) is 26.4 Å². The van der Waals surface area contributed by atoms with Gasteiger partial charge in [0.15, 0.2) is 0 Å². The van der Waals surface area contributed by atoms with Crippen molar-refractivity contribution in [3.8, 4) is 0 Å². The zero-order valence-corrected chi connectivity index (χ0v) is 9.52. The van der Waals surface area contributed by atoms with E-state index in [1.807, 2.05) is 0 Å². The second-order valence-electron chi connectivity index (χ2n) is 4.51. The molecule has 2 aliphatic heterocycles. The number of ether oxygens (including phenoxy) is 1.